The summed E-state index contributed by atoms with van der Waals surface area (Å²) in [4.78, 5) is 41.8. The molecule has 0 aliphatic heterocycles. The summed E-state index contributed by atoms with van der Waals surface area (Å²) in [5.74, 6) is -1.82. The Morgan fingerprint density at radius 1 is 0.758 bits per heavy atom. The molecule has 2 aromatic heterocycles. The van der Waals surface area contributed by atoms with Crippen molar-refractivity contribution < 1.29 is 18.8 Å². The molecule has 2 aromatic carbocycles. The smallest absolute Gasteiger partial charge is 0.274 e. The van der Waals surface area contributed by atoms with Crippen LogP contribution in [-0.2, 0) is 0 Å². The minimum absolute atomic E-state index is 0.0966. The van der Waals surface area contributed by atoms with E-state index in [0.29, 0.717) is 10.6 Å². The Kier molecular flexibility index (Phi) is 6.51. The Balaban J connectivity index is 1.46. The minimum atomic E-state index is -0.576. The molecule has 0 atom stereocenters. The number of rotatable bonds is 6. The van der Waals surface area contributed by atoms with E-state index < -0.39 is 17.6 Å². The molecule has 164 valence electrons. The number of halogens is 1. The van der Waals surface area contributed by atoms with Crippen LogP contribution < -0.4 is 16.0 Å². The van der Waals surface area contributed by atoms with Crippen molar-refractivity contribution in [1.82, 2.24) is 4.98 Å². The van der Waals surface area contributed by atoms with Gasteiger partial charge in [-0.05, 0) is 66.0 Å². The lowest BCUT2D eigenvalue weighted by molar-refractivity contribution is 0.101. The van der Waals surface area contributed by atoms with Gasteiger partial charge in [-0.25, -0.2) is 4.39 Å². The number of benzene rings is 2. The topological polar surface area (TPSA) is 100 Å². The molecule has 0 fully saturated rings. The number of nitrogens with zero attached hydrogens (tertiary/aromatic N) is 1. The van der Waals surface area contributed by atoms with E-state index in [0.717, 1.165) is 6.07 Å². The van der Waals surface area contributed by atoms with Crippen LogP contribution in [0.4, 0.5) is 21.5 Å². The van der Waals surface area contributed by atoms with Crippen LogP contribution in [0.3, 0.4) is 0 Å². The van der Waals surface area contributed by atoms with E-state index in [1.165, 1.54) is 47.9 Å². The van der Waals surface area contributed by atoms with Crippen molar-refractivity contribution in [3.63, 3.8) is 0 Å². The summed E-state index contributed by atoms with van der Waals surface area (Å²) < 4.78 is 13.8. The normalized spacial score (nSPS) is 10.3. The molecule has 0 aliphatic carbocycles. The number of hydrogen-bond acceptors (Lipinski definition) is 5. The average Bonchev–Trinajstić information content (AvgIpc) is 3.37. The summed E-state index contributed by atoms with van der Waals surface area (Å²) >= 11 is 1.32. The van der Waals surface area contributed by atoms with Crippen LogP contribution in [0.1, 0.15) is 30.5 Å². The summed E-state index contributed by atoms with van der Waals surface area (Å²) in [5.41, 5.74) is 1.31. The maximum atomic E-state index is 13.8. The van der Waals surface area contributed by atoms with Gasteiger partial charge in [0, 0.05) is 17.4 Å². The summed E-state index contributed by atoms with van der Waals surface area (Å²) in [6.07, 6.45) is 1.48. The molecule has 0 aliphatic rings. The van der Waals surface area contributed by atoms with Gasteiger partial charge in [0.2, 0.25) is 0 Å². The average molecular weight is 460 g/mol. The Morgan fingerprint density at radius 3 is 2.24 bits per heavy atom. The monoisotopic (exact) mass is 460 g/mol. The van der Waals surface area contributed by atoms with Gasteiger partial charge in [-0.15, -0.1) is 11.3 Å². The molecule has 0 spiro atoms. The largest absolute Gasteiger partial charge is 0.321 e. The number of aromatic nitrogens is 1. The molecule has 33 heavy (non-hydrogen) atoms. The number of amides is 3. The second-order valence-corrected chi connectivity index (χ2v) is 7.77. The van der Waals surface area contributed by atoms with Crippen molar-refractivity contribution in [1.29, 1.82) is 0 Å². The number of carbonyl (C=O) groups excluding carboxylic acids is 3. The third-order valence-electron chi connectivity index (χ3n) is 4.53. The van der Waals surface area contributed by atoms with Crippen LogP contribution in [0.2, 0.25) is 0 Å². The van der Waals surface area contributed by atoms with Gasteiger partial charge in [0.15, 0.2) is 0 Å². The third kappa shape index (κ3) is 5.46. The second kappa shape index (κ2) is 9.84. The molecule has 0 unspecified atom stereocenters. The van der Waals surface area contributed by atoms with E-state index in [9.17, 15) is 18.8 Å². The fourth-order valence-corrected chi connectivity index (χ4v) is 3.53. The van der Waals surface area contributed by atoms with Gasteiger partial charge in [0.1, 0.15) is 11.5 Å². The van der Waals surface area contributed by atoms with Crippen molar-refractivity contribution in [2.24, 2.45) is 0 Å². The molecule has 4 rings (SSSR count). The molecule has 0 radical (unpaired) electrons. The third-order valence-corrected chi connectivity index (χ3v) is 5.39. The number of anilines is 3. The van der Waals surface area contributed by atoms with Crippen LogP contribution >= 0.6 is 11.3 Å². The first-order valence-corrected chi connectivity index (χ1v) is 10.7. The molecule has 7 nitrogen and oxygen atoms in total. The van der Waals surface area contributed by atoms with Gasteiger partial charge in [-0.2, -0.15) is 0 Å². The van der Waals surface area contributed by atoms with Crippen LogP contribution in [0.15, 0.2) is 84.4 Å². The fourth-order valence-electron chi connectivity index (χ4n) is 2.91. The molecule has 0 saturated heterocycles. The quantitative estimate of drug-likeness (QED) is 0.375. The van der Waals surface area contributed by atoms with Gasteiger partial charge in [-0.3, -0.25) is 19.4 Å². The summed E-state index contributed by atoms with van der Waals surface area (Å²) in [6, 6.07) is 18.3. The molecule has 0 bridgehead atoms. The molecule has 4 aromatic rings. The Labute approximate surface area is 192 Å². The predicted molar refractivity (Wildman–Crippen MR) is 125 cm³/mol. The zero-order valence-corrected chi connectivity index (χ0v) is 17.9. The lowest BCUT2D eigenvalue weighted by Crippen LogP contribution is -2.17. The van der Waals surface area contributed by atoms with E-state index in [1.54, 1.807) is 36.4 Å². The molecule has 0 saturated carbocycles. The Bertz CT molecular complexity index is 1290. The number of nitrogens with one attached hydrogen (secondary N) is 3. The maximum Gasteiger partial charge on any atom is 0.274 e. The highest BCUT2D eigenvalue weighted by Gasteiger charge is 2.14. The first kappa shape index (κ1) is 21.8. The lowest BCUT2D eigenvalue weighted by Gasteiger charge is -2.13. The van der Waals surface area contributed by atoms with Crippen molar-refractivity contribution in [3.8, 4) is 0 Å². The Morgan fingerprint density at radius 2 is 1.55 bits per heavy atom. The van der Waals surface area contributed by atoms with Crippen LogP contribution in [0.25, 0.3) is 0 Å². The van der Waals surface area contributed by atoms with Crippen LogP contribution in [0.5, 0.6) is 0 Å². The van der Waals surface area contributed by atoms with E-state index in [-0.39, 0.29) is 28.5 Å². The maximum absolute atomic E-state index is 13.8. The number of pyridine rings is 1. The highest BCUT2D eigenvalue weighted by Crippen LogP contribution is 2.24. The minimum Gasteiger partial charge on any atom is -0.321 e. The number of carbonyl (C=O) groups is 3. The number of hydrogen-bond donors (Lipinski definition) is 3. The van der Waals surface area contributed by atoms with Gasteiger partial charge < -0.3 is 16.0 Å². The molecule has 9 heteroatoms. The predicted octanol–water partition coefficient (Wildman–Crippen LogP) is 5.04. The standard InChI is InChI=1S/C24H17FN4O3S/c25-16-8-11-18(28-23(31)19-4-1-2-12-26-19)20(14-16)29-22(30)15-6-9-17(10-7-15)27-24(32)21-5-3-13-33-21/h1-14H,(H,27,32)(H,28,31)(H,29,30). The van der Waals surface area contributed by atoms with Gasteiger partial charge >= 0.3 is 0 Å². The van der Waals surface area contributed by atoms with E-state index in [1.807, 2.05) is 5.38 Å². The van der Waals surface area contributed by atoms with Gasteiger partial charge in [-0.1, -0.05) is 12.1 Å². The molecular formula is C24H17FN4O3S. The zero-order chi connectivity index (χ0) is 23.2. The van der Waals surface area contributed by atoms with Gasteiger partial charge in [0.05, 0.1) is 16.3 Å². The zero-order valence-electron chi connectivity index (χ0n) is 17.0. The van der Waals surface area contributed by atoms with Crippen molar-refractivity contribution in [2.45, 2.75) is 0 Å². The van der Waals surface area contributed by atoms with Crippen LogP contribution in [-0.4, -0.2) is 22.7 Å². The second-order valence-electron chi connectivity index (χ2n) is 6.82. The molecule has 2 heterocycles. The molecule has 3 N–H and O–H groups in total. The fraction of sp³-hybridized carbons (Fsp3) is 0. The molecule has 3 amide bonds. The van der Waals surface area contributed by atoms with E-state index >= 15 is 0 Å². The van der Waals surface area contributed by atoms with E-state index in [4.69, 9.17) is 0 Å². The van der Waals surface area contributed by atoms with Gasteiger partial charge in [0.25, 0.3) is 17.7 Å². The number of thiophene rings is 1. The summed E-state index contributed by atoms with van der Waals surface area (Å²) in [7, 11) is 0. The lowest BCUT2D eigenvalue weighted by atomic mass is 10.1. The highest BCUT2D eigenvalue weighted by molar-refractivity contribution is 7.12. The highest BCUT2D eigenvalue weighted by atomic mass is 32.1. The first-order valence-electron chi connectivity index (χ1n) is 9.78. The van der Waals surface area contributed by atoms with Crippen molar-refractivity contribution in [3.05, 3.63) is 106 Å². The molecular weight excluding hydrogens is 443 g/mol. The van der Waals surface area contributed by atoms with E-state index in [2.05, 4.69) is 20.9 Å². The van der Waals surface area contributed by atoms with Crippen molar-refractivity contribution >= 4 is 46.1 Å². The summed E-state index contributed by atoms with van der Waals surface area (Å²) in [6.45, 7) is 0. The summed E-state index contributed by atoms with van der Waals surface area (Å²) in [5, 5.41) is 9.79. The van der Waals surface area contributed by atoms with Crippen molar-refractivity contribution in [2.75, 3.05) is 16.0 Å². The first-order chi connectivity index (χ1) is 16.0. The van der Waals surface area contributed by atoms with Crippen LogP contribution in [0, 0.1) is 5.82 Å². The Hall–Kier alpha value is -4.37. The SMILES string of the molecule is O=C(Nc1cc(F)ccc1NC(=O)c1ccccn1)c1ccc(NC(=O)c2cccs2)cc1.